The summed E-state index contributed by atoms with van der Waals surface area (Å²) in [6, 6.07) is 13.6. The summed E-state index contributed by atoms with van der Waals surface area (Å²) in [5, 5.41) is 0.609. The van der Waals surface area contributed by atoms with Gasteiger partial charge in [0.1, 0.15) is 21.9 Å². The quantitative estimate of drug-likeness (QED) is 0.281. The van der Waals surface area contributed by atoms with Gasteiger partial charge in [0.05, 0.1) is 27.0 Å². The Morgan fingerprint density at radius 3 is 2.18 bits per heavy atom. The molecule has 0 aliphatic rings. The zero-order valence-corrected chi connectivity index (χ0v) is 21.0. The van der Waals surface area contributed by atoms with Gasteiger partial charge in [-0.2, -0.15) is 0 Å². The molecule has 0 saturated heterocycles. The number of anilines is 1. The summed E-state index contributed by atoms with van der Waals surface area (Å²) in [7, 11) is -0.113. The SMILES string of the molecule is COc1cc(NS(=O)(=O)c2ccccc2OC(F)(F)F)ccc1Oc1ccnc2c(OC)c(OC)ccc12. The Morgan fingerprint density at radius 1 is 0.789 bits per heavy atom. The number of rotatable bonds is 9. The van der Waals surface area contributed by atoms with Gasteiger partial charge in [-0.3, -0.25) is 9.71 Å². The number of pyridine rings is 1. The van der Waals surface area contributed by atoms with Gasteiger partial charge in [0, 0.05) is 17.6 Å². The lowest BCUT2D eigenvalue weighted by Crippen LogP contribution is -2.20. The lowest BCUT2D eigenvalue weighted by molar-refractivity contribution is -0.275. The average Bonchev–Trinajstić information content (AvgIpc) is 2.88. The third-order valence-corrected chi connectivity index (χ3v) is 6.64. The Kier molecular flexibility index (Phi) is 7.39. The molecule has 4 rings (SSSR count). The summed E-state index contributed by atoms with van der Waals surface area (Å²) in [6.07, 6.45) is -3.55. The zero-order chi connectivity index (χ0) is 27.5. The van der Waals surface area contributed by atoms with Crippen LogP contribution in [0.5, 0.6) is 34.5 Å². The predicted molar refractivity (Wildman–Crippen MR) is 132 cm³/mol. The standard InChI is InChI=1S/C25H21F3N2O7S/c1-33-20-11-9-16-17(12-13-29-23(16)24(20)35-3)36-18-10-8-15(14-21(18)34-2)30-38(31,32)22-7-5-4-6-19(22)37-25(26,27)28/h4-14,30H,1-3H3. The van der Waals surface area contributed by atoms with Gasteiger partial charge in [0.2, 0.25) is 0 Å². The maximum absolute atomic E-state index is 12.9. The van der Waals surface area contributed by atoms with Gasteiger partial charge in [0.25, 0.3) is 10.0 Å². The molecular formula is C25H21F3N2O7S. The molecule has 9 nitrogen and oxygen atoms in total. The lowest BCUT2D eigenvalue weighted by Gasteiger charge is -2.16. The van der Waals surface area contributed by atoms with Crippen molar-refractivity contribution in [2.75, 3.05) is 26.1 Å². The van der Waals surface area contributed by atoms with Crippen molar-refractivity contribution in [3.05, 3.63) is 66.9 Å². The smallest absolute Gasteiger partial charge is 0.493 e. The predicted octanol–water partition coefficient (Wildman–Crippen LogP) is 5.75. The molecule has 4 aromatic rings. The number of nitrogens with one attached hydrogen (secondary N) is 1. The molecule has 200 valence electrons. The molecule has 1 N–H and O–H groups in total. The molecule has 0 saturated carbocycles. The van der Waals surface area contributed by atoms with Gasteiger partial charge in [-0.1, -0.05) is 12.1 Å². The Morgan fingerprint density at radius 2 is 1.50 bits per heavy atom. The third kappa shape index (κ3) is 5.62. The van der Waals surface area contributed by atoms with E-state index in [-0.39, 0.29) is 17.2 Å². The molecular weight excluding hydrogens is 529 g/mol. The summed E-state index contributed by atoms with van der Waals surface area (Å²) in [4.78, 5) is 3.65. The van der Waals surface area contributed by atoms with Crippen molar-refractivity contribution in [1.29, 1.82) is 0 Å². The molecule has 13 heteroatoms. The molecule has 0 radical (unpaired) electrons. The van der Waals surface area contributed by atoms with E-state index < -0.39 is 27.0 Å². The number of fused-ring (bicyclic) bond motifs is 1. The maximum atomic E-state index is 12.9. The van der Waals surface area contributed by atoms with Crippen LogP contribution < -0.4 is 28.4 Å². The Labute approximate surface area is 215 Å². The van der Waals surface area contributed by atoms with E-state index in [1.807, 2.05) is 0 Å². The highest BCUT2D eigenvalue weighted by Crippen LogP contribution is 2.41. The second-order valence-electron chi connectivity index (χ2n) is 7.57. The van der Waals surface area contributed by atoms with Crippen LogP contribution in [0.2, 0.25) is 0 Å². The number of ether oxygens (including phenoxy) is 5. The second kappa shape index (κ2) is 10.5. The van der Waals surface area contributed by atoms with Gasteiger partial charge < -0.3 is 23.7 Å². The summed E-state index contributed by atoms with van der Waals surface area (Å²) >= 11 is 0. The van der Waals surface area contributed by atoms with Crippen LogP contribution in [0.4, 0.5) is 18.9 Å². The van der Waals surface area contributed by atoms with Crippen LogP contribution in [0.15, 0.2) is 71.8 Å². The van der Waals surface area contributed by atoms with Crippen LogP contribution in [0, 0.1) is 0 Å². The highest BCUT2D eigenvalue weighted by atomic mass is 32.2. The van der Waals surface area contributed by atoms with Crippen LogP contribution in [0.25, 0.3) is 10.9 Å². The molecule has 38 heavy (non-hydrogen) atoms. The first-order valence-electron chi connectivity index (χ1n) is 10.8. The van der Waals surface area contributed by atoms with Crippen LogP contribution in [0.3, 0.4) is 0 Å². The van der Waals surface area contributed by atoms with E-state index in [4.69, 9.17) is 18.9 Å². The molecule has 0 unspecified atom stereocenters. The minimum Gasteiger partial charge on any atom is -0.493 e. The third-order valence-electron chi connectivity index (χ3n) is 5.21. The van der Waals surface area contributed by atoms with Crippen LogP contribution >= 0.6 is 0 Å². The molecule has 0 spiro atoms. The van der Waals surface area contributed by atoms with E-state index >= 15 is 0 Å². The first-order chi connectivity index (χ1) is 18.1. The Hall–Kier alpha value is -4.39. The summed E-state index contributed by atoms with van der Waals surface area (Å²) < 4.78 is 92.3. The number of aromatic nitrogens is 1. The van der Waals surface area contributed by atoms with Crippen LogP contribution in [-0.2, 0) is 10.0 Å². The van der Waals surface area contributed by atoms with Crippen molar-refractivity contribution < 1.29 is 45.3 Å². The number of nitrogens with zero attached hydrogens (tertiary/aromatic N) is 1. The van der Waals surface area contributed by atoms with Crippen molar-refractivity contribution >= 4 is 26.6 Å². The fraction of sp³-hybridized carbons (Fsp3) is 0.160. The monoisotopic (exact) mass is 550 g/mol. The first kappa shape index (κ1) is 26.7. The number of hydrogen-bond donors (Lipinski definition) is 1. The number of benzene rings is 3. The summed E-state index contributed by atoms with van der Waals surface area (Å²) in [6.45, 7) is 0. The molecule has 0 aliphatic heterocycles. The van der Waals surface area contributed by atoms with Crippen molar-refractivity contribution in [3.63, 3.8) is 0 Å². The van der Waals surface area contributed by atoms with E-state index in [1.165, 1.54) is 57.9 Å². The van der Waals surface area contributed by atoms with Gasteiger partial charge in [0.15, 0.2) is 23.0 Å². The van der Waals surface area contributed by atoms with E-state index in [2.05, 4.69) is 14.4 Å². The number of sulfonamides is 1. The van der Waals surface area contributed by atoms with E-state index in [1.54, 1.807) is 18.2 Å². The molecule has 1 heterocycles. The minimum absolute atomic E-state index is 0.0157. The number of halogens is 3. The van der Waals surface area contributed by atoms with Gasteiger partial charge >= 0.3 is 6.36 Å². The van der Waals surface area contributed by atoms with Crippen LogP contribution in [-0.4, -0.2) is 41.1 Å². The number of para-hydroxylation sites is 1. The topological polar surface area (TPSA) is 105 Å². The highest BCUT2D eigenvalue weighted by molar-refractivity contribution is 7.92. The summed E-state index contributed by atoms with van der Waals surface area (Å²) in [5.74, 6) is 0.828. The summed E-state index contributed by atoms with van der Waals surface area (Å²) in [5.41, 5.74) is 0.509. The minimum atomic E-state index is -5.07. The Bertz CT molecular complexity index is 1580. The molecule has 3 aromatic carbocycles. The molecule has 0 amide bonds. The number of hydrogen-bond acceptors (Lipinski definition) is 8. The average molecular weight is 551 g/mol. The van der Waals surface area contributed by atoms with Crippen molar-refractivity contribution in [2.24, 2.45) is 0 Å². The number of methoxy groups -OCH3 is 3. The first-order valence-corrected chi connectivity index (χ1v) is 12.3. The van der Waals surface area contributed by atoms with Crippen molar-refractivity contribution in [3.8, 4) is 34.5 Å². The fourth-order valence-electron chi connectivity index (χ4n) is 3.62. The van der Waals surface area contributed by atoms with Crippen molar-refractivity contribution in [2.45, 2.75) is 11.3 Å². The van der Waals surface area contributed by atoms with Gasteiger partial charge in [-0.25, -0.2) is 8.42 Å². The highest BCUT2D eigenvalue weighted by Gasteiger charge is 2.34. The van der Waals surface area contributed by atoms with E-state index in [9.17, 15) is 21.6 Å². The second-order valence-corrected chi connectivity index (χ2v) is 9.22. The van der Waals surface area contributed by atoms with Crippen molar-refractivity contribution in [1.82, 2.24) is 4.98 Å². The molecule has 0 fully saturated rings. The van der Waals surface area contributed by atoms with Gasteiger partial charge in [-0.15, -0.1) is 13.2 Å². The van der Waals surface area contributed by atoms with Gasteiger partial charge in [-0.05, 0) is 42.5 Å². The van der Waals surface area contributed by atoms with Crippen LogP contribution in [0.1, 0.15) is 0 Å². The number of alkyl halides is 3. The van der Waals surface area contributed by atoms with E-state index in [0.717, 1.165) is 12.1 Å². The molecule has 0 aliphatic carbocycles. The molecule has 1 aromatic heterocycles. The zero-order valence-electron chi connectivity index (χ0n) is 20.2. The molecule has 0 atom stereocenters. The lowest BCUT2D eigenvalue weighted by atomic mass is 10.1. The Balaban J connectivity index is 1.65. The normalized spacial score (nSPS) is 11.6. The van der Waals surface area contributed by atoms with E-state index in [0.29, 0.717) is 28.2 Å². The molecule has 0 bridgehead atoms. The fourth-order valence-corrected chi connectivity index (χ4v) is 4.80. The largest absolute Gasteiger partial charge is 0.573 e. The maximum Gasteiger partial charge on any atom is 0.573 e.